The van der Waals surface area contributed by atoms with E-state index in [0.29, 0.717) is 12.1 Å². The van der Waals surface area contributed by atoms with Crippen LogP contribution < -0.4 is 15.4 Å². The third-order valence-corrected chi connectivity index (χ3v) is 7.07. The van der Waals surface area contributed by atoms with E-state index < -0.39 is 0 Å². The minimum Gasteiger partial charge on any atom is -0.496 e. The highest BCUT2D eigenvalue weighted by molar-refractivity contribution is 7.19. The molecule has 1 saturated heterocycles. The Kier molecular flexibility index (Phi) is 10.6. The third kappa shape index (κ3) is 5.28. The van der Waals surface area contributed by atoms with Crippen LogP contribution in [0.15, 0.2) is 42.5 Å². The van der Waals surface area contributed by atoms with Gasteiger partial charge in [0.25, 0.3) is 0 Å². The molecule has 2 heterocycles. The average molecular weight is 471 g/mol. The van der Waals surface area contributed by atoms with Crippen molar-refractivity contribution in [1.82, 2.24) is 10.6 Å². The Morgan fingerprint density at radius 3 is 2.53 bits per heavy atom. The SMILES string of the molecule is COc1ccc2c(C)c(C)sc2c1CN[C@H]1CCCN[C@H]1c1ccccc1.Cl.Cl.O. The molecule has 0 spiro atoms. The fraction of sp³-hybridized carbons (Fsp3) is 0.391. The van der Waals surface area contributed by atoms with E-state index in [0.717, 1.165) is 18.8 Å². The summed E-state index contributed by atoms with van der Waals surface area (Å²) in [6, 6.07) is 15.9. The quantitative estimate of drug-likeness (QED) is 0.542. The normalized spacial score (nSPS) is 18.1. The molecule has 1 aliphatic heterocycles. The van der Waals surface area contributed by atoms with Crippen LogP contribution in [0.1, 0.15) is 40.5 Å². The van der Waals surface area contributed by atoms with Crippen LogP contribution in [0.4, 0.5) is 0 Å². The Morgan fingerprint density at radius 1 is 1.10 bits per heavy atom. The number of fused-ring (bicyclic) bond motifs is 1. The highest BCUT2D eigenvalue weighted by atomic mass is 35.5. The van der Waals surface area contributed by atoms with Gasteiger partial charge >= 0.3 is 0 Å². The summed E-state index contributed by atoms with van der Waals surface area (Å²) in [4.78, 5) is 1.39. The van der Waals surface area contributed by atoms with Gasteiger partial charge < -0.3 is 20.8 Å². The maximum atomic E-state index is 5.70. The lowest BCUT2D eigenvalue weighted by Crippen LogP contribution is -2.45. The van der Waals surface area contributed by atoms with Crippen molar-refractivity contribution in [2.45, 2.75) is 45.3 Å². The lowest BCUT2D eigenvalue weighted by Gasteiger charge is -2.34. The highest BCUT2D eigenvalue weighted by Crippen LogP contribution is 2.37. The molecule has 0 amide bonds. The van der Waals surface area contributed by atoms with Crippen LogP contribution >= 0.6 is 36.2 Å². The molecule has 2 aromatic carbocycles. The molecule has 7 heteroatoms. The number of hydrogen-bond acceptors (Lipinski definition) is 4. The van der Waals surface area contributed by atoms with Crippen molar-refractivity contribution in [3.05, 3.63) is 64.0 Å². The van der Waals surface area contributed by atoms with Gasteiger partial charge in [-0.05, 0) is 61.9 Å². The monoisotopic (exact) mass is 470 g/mol. The van der Waals surface area contributed by atoms with E-state index in [1.165, 1.54) is 44.5 Å². The Labute approximate surface area is 195 Å². The minimum atomic E-state index is 0. The molecule has 1 aliphatic rings. The molecule has 0 aliphatic carbocycles. The maximum absolute atomic E-state index is 5.70. The van der Waals surface area contributed by atoms with Crippen molar-refractivity contribution < 1.29 is 10.2 Å². The molecular weight excluding hydrogens is 439 g/mol. The Balaban J connectivity index is 0.00000150. The van der Waals surface area contributed by atoms with E-state index in [9.17, 15) is 0 Å². The zero-order valence-corrected chi connectivity index (χ0v) is 20.1. The van der Waals surface area contributed by atoms with E-state index in [4.69, 9.17) is 4.74 Å². The Bertz CT molecular complexity index is 934. The minimum absolute atomic E-state index is 0. The molecule has 1 aromatic heterocycles. The largest absolute Gasteiger partial charge is 0.496 e. The summed E-state index contributed by atoms with van der Waals surface area (Å²) >= 11 is 1.88. The van der Waals surface area contributed by atoms with Gasteiger partial charge in [0.05, 0.1) is 7.11 Å². The van der Waals surface area contributed by atoms with Gasteiger partial charge in [0.2, 0.25) is 0 Å². The van der Waals surface area contributed by atoms with Crippen molar-refractivity contribution in [1.29, 1.82) is 0 Å². The molecule has 3 aromatic rings. The topological polar surface area (TPSA) is 64.8 Å². The smallest absolute Gasteiger partial charge is 0.124 e. The number of benzene rings is 2. The second-order valence-corrected chi connectivity index (χ2v) is 8.60. The average Bonchev–Trinajstić information content (AvgIpc) is 3.01. The summed E-state index contributed by atoms with van der Waals surface area (Å²) in [6.45, 7) is 6.34. The molecule has 4 nitrogen and oxygen atoms in total. The van der Waals surface area contributed by atoms with Gasteiger partial charge in [-0.2, -0.15) is 0 Å². The first kappa shape index (κ1) is 26.7. The van der Waals surface area contributed by atoms with Crippen LogP contribution in [0.25, 0.3) is 10.1 Å². The first-order valence-corrected chi connectivity index (χ1v) is 10.6. The lowest BCUT2D eigenvalue weighted by atomic mass is 9.92. The maximum Gasteiger partial charge on any atom is 0.124 e. The summed E-state index contributed by atoms with van der Waals surface area (Å²) in [7, 11) is 1.77. The van der Waals surface area contributed by atoms with E-state index >= 15 is 0 Å². The van der Waals surface area contributed by atoms with Crippen molar-refractivity contribution in [2.24, 2.45) is 0 Å². The van der Waals surface area contributed by atoms with Gasteiger partial charge in [0.1, 0.15) is 5.75 Å². The molecule has 30 heavy (non-hydrogen) atoms. The molecule has 1 fully saturated rings. The number of ether oxygens (including phenoxy) is 1. The second-order valence-electron chi connectivity index (χ2n) is 7.38. The van der Waals surface area contributed by atoms with Crippen LogP contribution in [0, 0.1) is 13.8 Å². The van der Waals surface area contributed by atoms with Gasteiger partial charge in [0, 0.05) is 33.8 Å². The van der Waals surface area contributed by atoms with Gasteiger partial charge in [-0.3, -0.25) is 0 Å². The van der Waals surface area contributed by atoms with E-state index in [-0.39, 0.29) is 30.3 Å². The van der Waals surface area contributed by atoms with Crippen LogP contribution in [-0.4, -0.2) is 25.2 Å². The van der Waals surface area contributed by atoms with E-state index in [1.54, 1.807) is 7.11 Å². The number of nitrogens with one attached hydrogen (secondary N) is 2. The van der Waals surface area contributed by atoms with Crippen molar-refractivity contribution in [2.75, 3.05) is 13.7 Å². The van der Waals surface area contributed by atoms with Gasteiger partial charge in [-0.1, -0.05) is 30.3 Å². The molecule has 4 N–H and O–H groups in total. The summed E-state index contributed by atoms with van der Waals surface area (Å²) in [5.41, 5.74) is 4.04. The molecule has 4 rings (SSSR count). The molecule has 0 bridgehead atoms. The van der Waals surface area contributed by atoms with Crippen LogP contribution in [0.5, 0.6) is 5.75 Å². The van der Waals surface area contributed by atoms with Crippen molar-refractivity contribution >= 4 is 46.2 Å². The van der Waals surface area contributed by atoms with Crippen molar-refractivity contribution in [3.8, 4) is 5.75 Å². The van der Waals surface area contributed by atoms with Gasteiger partial charge in [-0.25, -0.2) is 0 Å². The third-order valence-electron chi connectivity index (χ3n) is 5.78. The standard InChI is InChI=1S/C23H28N2OS.2ClH.H2O/c1-15-16(2)27-23-18(15)11-12-21(26-3)19(23)14-25-20-10-7-13-24-22(20)17-8-5-4-6-9-17;;;/h4-6,8-9,11-12,20,22,24-25H,7,10,13-14H2,1-3H3;2*1H;1H2/t20-,22-;;;/m0.../s1. The molecule has 2 atom stereocenters. The summed E-state index contributed by atoms with van der Waals surface area (Å²) in [6.07, 6.45) is 2.40. The number of rotatable bonds is 5. The number of thiophene rings is 1. The fourth-order valence-electron chi connectivity index (χ4n) is 4.15. The molecule has 0 saturated carbocycles. The predicted molar refractivity (Wildman–Crippen MR) is 133 cm³/mol. The number of hydrogen-bond donors (Lipinski definition) is 2. The fourth-order valence-corrected chi connectivity index (χ4v) is 5.35. The van der Waals surface area contributed by atoms with Crippen LogP contribution in [0.3, 0.4) is 0 Å². The first-order valence-electron chi connectivity index (χ1n) is 9.76. The molecule has 0 unspecified atom stereocenters. The second kappa shape index (κ2) is 11.9. The lowest BCUT2D eigenvalue weighted by molar-refractivity contribution is 0.303. The summed E-state index contributed by atoms with van der Waals surface area (Å²) in [5.74, 6) is 0.983. The number of piperidine rings is 1. The van der Waals surface area contributed by atoms with Gasteiger partial charge in [-0.15, -0.1) is 36.2 Å². The molecular formula is C23H32Cl2N2O2S. The zero-order chi connectivity index (χ0) is 18.8. The number of aryl methyl sites for hydroxylation is 2. The zero-order valence-electron chi connectivity index (χ0n) is 17.7. The van der Waals surface area contributed by atoms with Crippen LogP contribution in [0.2, 0.25) is 0 Å². The Hall–Kier alpha value is -1.34. The van der Waals surface area contributed by atoms with E-state index in [1.807, 2.05) is 11.3 Å². The number of methoxy groups -OCH3 is 1. The van der Waals surface area contributed by atoms with Crippen LogP contribution in [-0.2, 0) is 6.54 Å². The first-order chi connectivity index (χ1) is 13.2. The summed E-state index contributed by atoms with van der Waals surface area (Å²) < 4.78 is 7.06. The molecule has 166 valence electrons. The van der Waals surface area contributed by atoms with E-state index in [2.05, 4.69) is 66.9 Å². The van der Waals surface area contributed by atoms with Gasteiger partial charge in [0.15, 0.2) is 0 Å². The van der Waals surface area contributed by atoms with Crippen molar-refractivity contribution in [3.63, 3.8) is 0 Å². The molecule has 0 radical (unpaired) electrons. The number of halogens is 2. The summed E-state index contributed by atoms with van der Waals surface area (Å²) in [5, 5.41) is 8.91. The Morgan fingerprint density at radius 2 is 1.83 bits per heavy atom. The predicted octanol–water partition coefficient (Wildman–Crippen LogP) is 5.13. The highest BCUT2D eigenvalue weighted by Gasteiger charge is 2.26.